The average molecular weight is 442 g/mol. The third-order valence-electron chi connectivity index (χ3n) is 5.35. The highest BCUT2D eigenvalue weighted by molar-refractivity contribution is 6.12. The fraction of sp³-hybridized carbons (Fsp3) is 0.273. The first-order valence-electron chi connectivity index (χ1n) is 9.97. The Morgan fingerprint density at radius 1 is 1.00 bits per heavy atom. The third kappa shape index (κ3) is 3.95. The van der Waals surface area contributed by atoms with E-state index in [0.717, 1.165) is 17.7 Å². The first kappa shape index (κ1) is 21.5. The predicted octanol–water partition coefficient (Wildman–Crippen LogP) is 3.24. The first-order valence-corrected chi connectivity index (χ1v) is 9.97. The van der Waals surface area contributed by atoms with Crippen LogP contribution in [0.3, 0.4) is 0 Å². The van der Waals surface area contributed by atoms with Crippen molar-refractivity contribution in [3.05, 3.63) is 76.9 Å². The Balaban J connectivity index is 1.46. The quantitative estimate of drug-likeness (QED) is 0.448. The van der Waals surface area contributed by atoms with Gasteiger partial charge < -0.3 is 9.80 Å². The second-order valence-corrected chi connectivity index (χ2v) is 7.51. The molecule has 0 aliphatic carbocycles. The van der Waals surface area contributed by atoms with Crippen LogP contribution in [-0.4, -0.2) is 39.8 Å². The molecule has 0 spiro atoms. The van der Waals surface area contributed by atoms with Crippen LogP contribution < -0.4 is 9.80 Å². The molecule has 1 aromatic carbocycles. The molecule has 1 aliphatic heterocycles. The Labute approximate surface area is 182 Å². The lowest BCUT2D eigenvalue weighted by atomic mass is 10.2. The molecule has 0 saturated heterocycles. The molecular weight excluding hydrogens is 421 g/mol. The summed E-state index contributed by atoms with van der Waals surface area (Å²) in [4.78, 5) is 24.7. The van der Waals surface area contributed by atoms with Crippen molar-refractivity contribution in [2.75, 3.05) is 23.9 Å². The zero-order valence-corrected chi connectivity index (χ0v) is 17.8. The number of aryl methyl sites for hydroxylation is 2. The van der Waals surface area contributed by atoms with E-state index in [-0.39, 0.29) is 18.0 Å². The summed E-state index contributed by atoms with van der Waals surface area (Å²) in [7, 11) is 3.48. The Morgan fingerprint density at radius 2 is 1.72 bits per heavy atom. The van der Waals surface area contributed by atoms with Gasteiger partial charge in [-0.15, -0.1) is 0 Å². The van der Waals surface area contributed by atoms with Gasteiger partial charge in [-0.2, -0.15) is 5.10 Å². The van der Waals surface area contributed by atoms with E-state index in [2.05, 4.69) is 15.1 Å². The van der Waals surface area contributed by atoms with Gasteiger partial charge in [-0.05, 0) is 36.6 Å². The Bertz CT molecular complexity index is 1200. The molecule has 0 N–H and O–H groups in total. The van der Waals surface area contributed by atoms with E-state index in [1.807, 2.05) is 0 Å². The van der Waals surface area contributed by atoms with Gasteiger partial charge in [-0.25, -0.2) is 23.1 Å². The number of benzene rings is 1. The molecule has 1 amide bonds. The van der Waals surface area contributed by atoms with E-state index >= 15 is 0 Å². The maximum Gasteiger partial charge on any atom is 0.274 e. The number of likely N-dealkylation sites (N-methyl/N-ethyl adjacent to an activating group) is 2. The van der Waals surface area contributed by atoms with Crippen molar-refractivity contribution in [1.82, 2.24) is 19.7 Å². The van der Waals surface area contributed by atoms with Gasteiger partial charge in [0.2, 0.25) is 0 Å². The molecule has 0 saturated carbocycles. The van der Waals surface area contributed by atoms with E-state index in [0.29, 0.717) is 35.9 Å². The van der Waals surface area contributed by atoms with Crippen LogP contribution in [-0.2, 0) is 24.2 Å². The average Bonchev–Trinajstić information content (AvgIpc) is 3.22. The zero-order chi connectivity index (χ0) is 23.0. The Morgan fingerprint density at radius 3 is 2.41 bits per heavy atom. The molecule has 7 nitrogen and oxygen atoms in total. The molecule has 3 aromatic rings. The fourth-order valence-corrected chi connectivity index (χ4v) is 3.63. The third-order valence-corrected chi connectivity index (χ3v) is 5.35. The van der Waals surface area contributed by atoms with Crippen molar-refractivity contribution in [2.45, 2.75) is 26.3 Å². The highest BCUT2D eigenvalue weighted by atomic mass is 19.2. The summed E-state index contributed by atoms with van der Waals surface area (Å²) in [6.07, 6.45) is 7.94. The van der Waals surface area contributed by atoms with Gasteiger partial charge in [0.25, 0.3) is 5.91 Å². The maximum absolute atomic E-state index is 13.4. The molecule has 32 heavy (non-hydrogen) atoms. The van der Waals surface area contributed by atoms with Gasteiger partial charge in [0.05, 0.1) is 18.9 Å². The van der Waals surface area contributed by atoms with Crippen molar-refractivity contribution < 1.29 is 18.0 Å². The maximum atomic E-state index is 13.4. The van der Waals surface area contributed by atoms with Crippen LogP contribution in [0.1, 0.15) is 23.9 Å². The molecule has 166 valence electrons. The van der Waals surface area contributed by atoms with Gasteiger partial charge >= 0.3 is 0 Å². The van der Waals surface area contributed by atoms with Crippen LogP contribution in [0, 0.1) is 17.5 Å². The van der Waals surface area contributed by atoms with Gasteiger partial charge in [0, 0.05) is 26.7 Å². The highest BCUT2D eigenvalue weighted by Gasteiger charge is 2.30. The van der Waals surface area contributed by atoms with Crippen LogP contribution >= 0.6 is 0 Å². The summed E-state index contributed by atoms with van der Waals surface area (Å²) in [6, 6.07) is 1.91. The minimum atomic E-state index is -1.48. The van der Waals surface area contributed by atoms with E-state index in [1.54, 1.807) is 50.6 Å². The molecule has 4 rings (SSSR count). The first-order chi connectivity index (χ1) is 15.3. The number of fused-ring (bicyclic) bond motifs is 1. The van der Waals surface area contributed by atoms with Crippen LogP contribution in [0.5, 0.6) is 0 Å². The molecule has 0 atom stereocenters. The molecule has 1 aliphatic rings. The Hall–Kier alpha value is -3.69. The minimum absolute atomic E-state index is 0.112. The largest absolute Gasteiger partial charge is 0.323 e. The van der Waals surface area contributed by atoms with Gasteiger partial charge in [0.1, 0.15) is 17.2 Å². The Kier molecular flexibility index (Phi) is 5.68. The number of allylic oxidation sites excluding steroid dienone is 1. The highest BCUT2D eigenvalue weighted by Crippen LogP contribution is 2.33. The standard InChI is InChI=1S/C22H21F3N6O/c1-4-17-22(32)30(3)18-10-26-19(28-21(18)29(17)2)6-5-13-9-27-31(11-13)12-14-7-15(23)20(25)16(24)8-14/h4,7-11H,5-6,12H2,1-3H3/b17-4-. The summed E-state index contributed by atoms with van der Waals surface area (Å²) < 4.78 is 41.5. The number of carbonyl (C=O) groups excluding carboxylic acids is 1. The zero-order valence-electron chi connectivity index (χ0n) is 17.8. The van der Waals surface area contributed by atoms with Gasteiger partial charge in [0.15, 0.2) is 23.3 Å². The topological polar surface area (TPSA) is 67.2 Å². The van der Waals surface area contributed by atoms with E-state index in [4.69, 9.17) is 0 Å². The summed E-state index contributed by atoms with van der Waals surface area (Å²) in [5.74, 6) is -2.79. The lowest BCUT2D eigenvalue weighted by Crippen LogP contribution is -2.41. The number of aromatic nitrogens is 4. The summed E-state index contributed by atoms with van der Waals surface area (Å²) in [6.45, 7) is 1.91. The van der Waals surface area contributed by atoms with Crippen LogP contribution in [0.15, 0.2) is 42.5 Å². The summed E-state index contributed by atoms with van der Waals surface area (Å²) >= 11 is 0. The molecular formula is C22H21F3N6O. The molecule has 0 bridgehead atoms. The van der Waals surface area contributed by atoms with E-state index in [9.17, 15) is 18.0 Å². The number of carbonyl (C=O) groups is 1. The molecule has 0 unspecified atom stereocenters. The molecule has 0 radical (unpaired) electrons. The van der Waals surface area contributed by atoms with Crippen molar-refractivity contribution >= 4 is 17.4 Å². The van der Waals surface area contributed by atoms with Crippen LogP contribution in [0.25, 0.3) is 0 Å². The number of hydrogen-bond acceptors (Lipinski definition) is 5. The number of nitrogens with zero attached hydrogens (tertiary/aromatic N) is 6. The number of halogens is 3. The summed E-state index contributed by atoms with van der Waals surface area (Å²) in [5.41, 5.74) is 2.35. The fourth-order valence-electron chi connectivity index (χ4n) is 3.63. The van der Waals surface area contributed by atoms with Crippen molar-refractivity contribution in [3.63, 3.8) is 0 Å². The smallest absolute Gasteiger partial charge is 0.274 e. The van der Waals surface area contributed by atoms with Gasteiger partial charge in [-0.3, -0.25) is 9.48 Å². The monoisotopic (exact) mass is 442 g/mol. The second-order valence-electron chi connectivity index (χ2n) is 7.51. The van der Waals surface area contributed by atoms with Crippen LogP contribution in [0.2, 0.25) is 0 Å². The molecule has 10 heteroatoms. The lowest BCUT2D eigenvalue weighted by molar-refractivity contribution is -0.115. The van der Waals surface area contributed by atoms with Crippen molar-refractivity contribution in [3.8, 4) is 0 Å². The van der Waals surface area contributed by atoms with Crippen molar-refractivity contribution in [1.29, 1.82) is 0 Å². The predicted molar refractivity (Wildman–Crippen MR) is 113 cm³/mol. The lowest BCUT2D eigenvalue weighted by Gasteiger charge is -2.33. The molecule has 3 heterocycles. The van der Waals surface area contributed by atoms with Gasteiger partial charge in [-0.1, -0.05) is 6.08 Å². The number of anilines is 2. The number of amides is 1. The van der Waals surface area contributed by atoms with E-state index in [1.165, 1.54) is 9.58 Å². The SMILES string of the molecule is C/C=C1/C(=O)N(C)c2cnc(CCc3cnn(Cc4cc(F)c(F)c(F)c4)c3)nc2N1C. The number of hydrogen-bond donors (Lipinski definition) is 0. The van der Waals surface area contributed by atoms with Crippen LogP contribution in [0.4, 0.5) is 24.7 Å². The number of rotatable bonds is 5. The van der Waals surface area contributed by atoms with E-state index < -0.39 is 17.5 Å². The second kappa shape index (κ2) is 8.45. The van der Waals surface area contributed by atoms with Crippen molar-refractivity contribution in [2.24, 2.45) is 0 Å². The minimum Gasteiger partial charge on any atom is -0.323 e. The summed E-state index contributed by atoms with van der Waals surface area (Å²) in [5, 5.41) is 4.20. The normalized spacial score (nSPS) is 14.9. The molecule has 2 aromatic heterocycles. The molecule has 0 fully saturated rings.